The minimum Gasteiger partial charge on any atom is -0.376 e. The lowest BCUT2D eigenvalue weighted by molar-refractivity contribution is -0.140. The van der Waals surface area contributed by atoms with Crippen LogP contribution in [0.5, 0.6) is 0 Å². The number of carbonyl (C=O) groups is 3. The van der Waals surface area contributed by atoms with Crippen LogP contribution in [0.15, 0.2) is 121 Å². The summed E-state index contributed by atoms with van der Waals surface area (Å²) in [6, 6.07) is 39.4. The van der Waals surface area contributed by atoms with Crippen molar-refractivity contribution in [3.8, 4) is 0 Å². The number of rotatable bonds is 12. The predicted octanol–water partition coefficient (Wildman–Crippen LogP) is 6.47. The van der Waals surface area contributed by atoms with Gasteiger partial charge in [-0.1, -0.05) is 121 Å². The van der Waals surface area contributed by atoms with E-state index in [1.807, 2.05) is 97.1 Å². The normalized spacial score (nSPS) is 10.6. The van der Waals surface area contributed by atoms with Gasteiger partial charge in [-0.3, -0.25) is 14.5 Å². The van der Waals surface area contributed by atoms with Gasteiger partial charge < -0.3 is 10.1 Å². The highest BCUT2D eigenvalue weighted by Gasteiger charge is 2.21. The molecule has 0 saturated carbocycles. The average Bonchev–Trinajstić information content (AvgIpc) is 3.00. The van der Waals surface area contributed by atoms with Crippen LogP contribution in [0.4, 0.5) is 4.79 Å². The summed E-state index contributed by atoms with van der Waals surface area (Å²) in [4.78, 5) is 39.3. The Bertz CT molecular complexity index is 1270. The Morgan fingerprint density at radius 2 is 1.07 bits per heavy atom. The number of hydrogen-bond donors (Lipinski definition) is 1. The summed E-state index contributed by atoms with van der Waals surface area (Å²) < 4.78 is 5.13. The first kappa shape index (κ1) is 28.3. The fourth-order valence-electron chi connectivity index (χ4n) is 4.56. The number of esters is 1. The van der Waals surface area contributed by atoms with Crippen LogP contribution < -0.4 is 5.32 Å². The average molecular weight is 535 g/mol. The summed E-state index contributed by atoms with van der Waals surface area (Å²) in [5.41, 5.74) is 4.21. The van der Waals surface area contributed by atoms with E-state index < -0.39 is 12.1 Å². The molecule has 0 aliphatic carbocycles. The zero-order chi connectivity index (χ0) is 28.0. The standard InChI is InChI=1S/C34H34N2O4/c37-32(35-24-23-31(29-17-9-3-10-18-29)30-19-11-4-12-20-30)21-22-33(38)40-34(39)36(25-27-13-5-1-6-14-27)26-28-15-7-2-8-16-28/h1-20,31H,21-26H2,(H,35,37). The predicted molar refractivity (Wildman–Crippen MR) is 155 cm³/mol. The molecule has 204 valence electrons. The van der Waals surface area contributed by atoms with Crippen LogP contribution in [0.25, 0.3) is 0 Å². The molecule has 4 rings (SSSR count). The minimum absolute atomic E-state index is 0.0508. The summed E-state index contributed by atoms with van der Waals surface area (Å²) in [5.74, 6) is -0.835. The second-order valence-corrected chi connectivity index (χ2v) is 9.58. The van der Waals surface area contributed by atoms with Crippen LogP contribution in [-0.4, -0.2) is 29.4 Å². The fourth-order valence-corrected chi connectivity index (χ4v) is 4.56. The summed E-state index contributed by atoms with van der Waals surface area (Å²) >= 11 is 0. The van der Waals surface area contributed by atoms with Crippen molar-refractivity contribution in [2.24, 2.45) is 0 Å². The molecule has 0 aliphatic heterocycles. The highest BCUT2D eigenvalue weighted by Crippen LogP contribution is 2.27. The number of hydrogen-bond acceptors (Lipinski definition) is 4. The molecule has 0 atom stereocenters. The van der Waals surface area contributed by atoms with Crippen LogP contribution in [0.1, 0.15) is 47.4 Å². The molecule has 0 fully saturated rings. The van der Waals surface area contributed by atoms with E-state index >= 15 is 0 Å². The molecule has 0 bridgehead atoms. The molecule has 1 N–H and O–H groups in total. The Balaban J connectivity index is 1.26. The first-order valence-electron chi connectivity index (χ1n) is 13.5. The number of amides is 2. The third-order valence-corrected chi connectivity index (χ3v) is 6.61. The van der Waals surface area contributed by atoms with Gasteiger partial charge in [0.25, 0.3) is 0 Å². The summed E-state index contributed by atoms with van der Waals surface area (Å²) in [5, 5.41) is 2.91. The lowest BCUT2D eigenvalue weighted by Crippen LogP contribution is -2.33. The SMILES string of the molecule is O=C(CCC(=O)OC(=O)N(Cc1ccccc1)Cc1ccccc1)NCCC(c1ccccc1)c1ccccc1. The molecule has 0 unspecified atom stereocenters. The second kappa shape index (κ2) is 15.0. The summed E-state index contributed by atoms with van der Waals surface area (Å²) in [6.45, 7) is 1.06. The van der Waals surface area contributed by atoms with E-state index in [0.717, 1.165) is 17.5 Å². The number of nitrogens with zero attached hydrogens (tertiary/aromatic N) is 1. The quantitative estimate of drug-likeness (QED) is 0.167. The van der Waals surface area contributed by atoms with Gasteiger partial charge in [-0.15, -0.1) is 0 Å². The maximum atomic E-state index is 12.9. The monoisotopic (exact) mass is 534 g/mol. The van der Waals surface area contributed by atoms with E-state index in [1.165, 1.54) is 16.0 Å². The maximum Gasteiger partial charge on any atom is 0.418 e. The number of ether oxygens (including phenoxy) is 1. The molecule has 0 aromatic heterocycles. The van der Waals surface area contributed by atoms with Gasteiger partial charge in [-0.2, -0.15) is 0 Å². The maximum absolute atomic E-state index is 12.9. The van der Waals surface area contributed by atoms with Crippen molar-refractivity contribution in [1.82, 2.24) is 10.2 Å². The van der Waals surface area contributed by atoms with E-state index in [4.69, 9.17) is 4.74 Å². The highest BCUT2D eigenvalue weighted by atomic mass is 16.6. The summed E-state index contributed by atoms with van der Waals surface area (Å²) in [7, 11) is 0. The Kier molecular flexibility index (Phi) is 10.6. The van der Waals surface area contributed by atoms with Gasteiger partial charge in [0.2, 0.25) is 5.91 Å². The lowest BCUT2D eigenvalue weighted by atomic mass is 9.88. The van der Waals surface area contributed by atoms with Gasteiger partial charge in [0.15, 0.2) is 0 Å². The van der Waals surface area contributed by atoms with Gasteiger partial charge in [0.05, 0.1) is 6.42 Å². The fraction of sp³-hybridized carbons (Fsp3) is 0.206. The van der Waals surface area contributed by atoms with Crippen LogP contribution in [0.3, 0.4) is 0 Å². The first-order chi connectivity index (χ1) is 19.6. The Morgan fingerprint density at radius 1 is 0.625 bits per heavy atom. The molecule has 0 radical (unpaired) electrons. The van der Waals surface area contributed by atoms with Crippen molar-refractivity contribution < 1.29 is 19.1 Å². The van der Waals surface area contributed by atoms with Gasteiger partial charge in [-0.25, -0.2) is 4.79 Å². The van der Waals surface area contributed by atoms with E-state index in [2.05, 4.69) is 29.6 Å². The topological polar surface area (TPSA) is 75.7 Å². The third-order valence-electron chi connectivity index (χ3n) is 6.61. The van der Waals surface area contributed by atoms with Gasteiger partial charge in [0.1, 0.15) is 0 Å². The molecule has 4 aromatic rings. The zero-order valence-electron chi connectivity index (χ0n) is 22.4. The molecule has 4 aromatic carbocycles. The summed E-state index contributed by atoms with van der Waals surface area (Å²) in [6.07, 6.45) is -0.240. The van der Waals surface area contributed by atoms with Crippen molar-refractivity contribution in [2.45, 2.75) is 38.3 Å². The molecule has 0 aliphatic rings. The molecule has 0 saturated heterocycles. The Labute approximate surface area is 235 Å². The molecule has 40 heavy (non-hydrogen) atoms. The van der Waals surface area contributed by atoms with E-state index in [9.17, 15) is 14.4 Å². The first-order valence-corrected chi connectivity index (χ1v) is 13.5. The van der Waals surface area contributed by atoms with Crippen molar-refractivity contribution in [3.05, 3.63) is 144 Å². The molecule has 6 nitrogen and oxygen atoms in total. The van der Waals surface area contributed by atoms with Crippen molar-refractivity contribution in [3.63, 3.8) is 0 Å². The molecule has 6 heteroatoms. The van der Waals surface area contributed by atoms with Gasteiger partial charge in [0, 0.05) is 32.0 Å². The largest absolute Gasteiger partial charge is 0.418 e. The molecule has 0 heterocycles. The van der Waals surface area contributed by atoms with Gasteiger partial charge in [-0.05, 0) is 28.7 Å². The van der Waals surface area contributed by atoms with E-state index in [-0.39, 0.29) is 24.7 Å². The molecule has 2 amide bonds. The van der Waals surface area contributed by atoms with Crippen LogP contribution in [-0.2, 0) is 27.4 Å². The van der Waals surface area contributed by atoms with E-state index in [1.54, 1.807) is 0 Å². The molecular weight excluding hydrogens is 500 g/mol. The second-order valence-electron chi connectivity index (χ2n) is 9.58. The number of nitrogens with one attached hydrogen (secondary N) is 1. The van der Waals surface area contributed by atoms with Crippen molar-refractivity contribution in [2.75, 3.05) is 6.54 Å². The van der Waals surface area contributed by atoms with Crippen molar-refractivity contribution >= 4 is 18.0 Å². The molecule has 0 spiro atoms. The van der Waals surface area contributed by atoms with E-state index in [0.29, 0.717) is 19.6 Å². The Hall–Kier alpha value is -4.71. The Morgan fingerprint density at radius 3 is 1.55 bits per heavy atom. The number of carbonyl (C=O) groups excluding carboxylic acids is 3. The van der Waals surface area contributed by atoms with Crippen molar-refractivity contribution in [1.29, 1.82) is 0 Å². The molecular formula is C34H34N2O4. The number of benzene rings is 4. The lowest BCUT2D eigenvalue weighted by Gasteiger charge is -2.22. The highest BCUT2D eigenvalue weighted by molar-refractivity contribution is 5.87. The zero-order valence-corrected chi connectivity index (χ0v) is 22.4. The van der Waals surface area contributed by atoms with Crippen LogP contribution >= 0.6 is 0 Å². The third kappa shape index (κ3) is 8.95. The smallest absolute Gasteiger partial charge is 0.376 e. The minimum atomic E-state index is -0.730. The van der Waals surface area contributed by atoms with Crippen LogP contribution in [0, 0.1) is 0 Å². The van der Waals surface area contributed by atoms with Gasteiger partial charge >= 0.3 is 12.1 Å². The van der Waals surface area contributed by atoms with Crippen LogP contribution in [0.2, 0.25) is 0 Å².